The van der Waals surface area contributed by atoms with Crippen LogP contribution in [0.2, 0.25) is 0 Å². The fraction of sp³-hybridized carbons (Fsp3) is 0.222. The molecule has 0 amide bonds. The van der Waals surface area contributed by atoms with Gasteiger partial charge in [0, 0.05) is 0 Å². The van der Waals surface area contributed by atoms with Gasteiger partial charge in [0.25, 0.3) is 0 Å². The maximum absolute atomic E-state index is 5.36. The standard InChI is InChI=1S/C9H10B2N/c1-4-5-7(2)6-8(12-3)9(10)11/h5-6H,1H2,2-3H3/b7-6-,12-8?. The Hall–Kier alpha value is -1.07. The summed E-state index contributed by atoms with van der Waals surface area (Å²) in [4.78, 5) is 3.89. The topological polar surface area (TPSA) is 12.4 Å². The molecule has 0 aromatic heterocycles. The van der Waals surface area contributed by atoms with E-state index >= 15 is 0 Å². The first-order valence-electron chi connectivity index (χ1n) is 3.51. The molecule has 0 heterocycles. The van der Waals surface area contributed by atoms with Crippen LogP contribution in [0.5, 0.6) is 0 Å². The summed E-state index contributed by atoms with van der Waals surface area (Å²) in [6.45, 7) is 5.34. The Morgan fingerprint density at radius 1 is 1.58 bits per heavy atom. The van der Waals surface area contributed by atoms with Crippen molar-refractivity contribution in [3.63, 3.8) is 0 Å². The summed E-state index contributed by atoms with van der Waals surface area (Å²) in [5.41, 5.74) is 4.19. The average Bonchev–Trinajstić information content (AvgIpc) is 2.00. The minimum atomic E-state index is 0.217. The van der Waals surface area contributed by atoms with Gasteiger partial charge in [0.1, 0.15) is 0 Å². The maximum atomic E-state index is 5.36. The molecule has 0 unspecified atom stereocenters. The molecule has 3 radical (unpaired) electrons. The Labute approximate surface area is 76.1 Å². The Kier molecular flexibility index (Phi) is 5.07. The monoisotopic (exact) mass is 154 g/mol. The van der Waals surface area contributed by atoms with Crippen molar-refractivity contribution in [3.8, 4) is 0 Å². The van der Waals surface area contributed by atoms with Crippen molar-refractivity contribution in [1.82, 2.24) is 0 Å². The normalized spacial score (nSPS) is 12.1. The molecule has 3 heteroatoms. The van der Waals surface area contributed by atoms with Gasteiger partial charge in [-0.05, 0) is 0 Å². The van der Waals surface area contributed by atoms with Crippen molar-refractivity contribution >= 4 is 26.4 Å². The van der Waals surface area contributed by atoms with E-state index in [-0.39, 0.29) is 5.36 Å². The number of hydrogen-bond donors (Lipinski definition) is 0. The Bertz CT molecular complexity index is 281. The molecule has 0 aromatic carbocycles. The SMILES string of the molecule is [B]C(=[B])C(/C=C(/C)C=C=C)=NC. The number of aliphatic imine (C=N–C) groups is 1. The zero-order valence-corrected chi connectivity index (χ0v) is 7.46. The molecular weight excluding hydrogens is 144 g/mol. The van der Waals surface area contributed by atoms with Gasteiger partial charge in [-0.15, -0.1) is 0 Å². The van der Waals surface area contributed by atoms with Gasteiger partial charge in [0.15, 0.2) is 0 Å². The number of rotatable bonds is 3. The van der Waals surface area contributed by atoms with Gasteiger partial charge < -0.3 is 0 Å². The summed E-state index contributed by atoms with van der Waals surface area (Å²) in [7, 11) is 12.4. The second-order valence-corrected chi connectivity index (χ2v) is 2.30. The Balaban J connectivity index is 4.71. The quantitative estimate of drug-likeness (QED) is 0.247. The van der Waals surface area contributed by atoms with E-state index in [4.69, 9.17) is 15.3 Å². The van der Waals surface area contributed by atoms with Gasteiger partial charge in [0.05, 0.1) is 0 Å². The van der Waals surface area contributed by atoms with Crippen molar-refractivity contribution in [2.45, 2.75) is 6.92 Å². The van der Waals surface area contributed by atoms with Crippen LogP contribution in [0.3, 0.4) is 0 Å². The predicted octanol–water partition coefficient (Wildman–Crippen LogP) is 0.812. The molecule has 0 bridgehead atoms. The third-order valence-corrected chi connectivity index (χ3v) is 1.23. The van der Waals surface area contributed by atoms with E-state index in [9.17, 15) is 0 Å². The van der Waals surface area contributed by atoms with Gasteiger partial charge in [-0.3, -0.25) is 0 Å². The van der Waals surface area contributed by atoms with E-state index in [1.54, 1.807) is 19.2 Å². The molecule has 0 saturated heterocycles. The number of nitrogens with zero attached hydrogens (tertiary/aromatic N) is 1. The van der Waals surface area contributed by atoms with E-state index in [0.29, 0.717) is 5.71 Å². The van der Waals surface area contributed by atoms with Crippen molar-refractivity contribution < 1.29 is 0 Å². The van der Waals surface area contributed by atoms with Crippen LogP contribution in [-0.2, 0) is 0 Å². The van der Waals surface area contributed by atoms with E-state index in [0.717, 1.165) is 5.57 Å². The van der Waals surface area contributed by atoms with Crippen LogP contribution in [-0.4, -0.2) is 33.5 Å². The summed E-state index contributed by atoms with van der Waals surface area (Å²) < 4.78 is 0. The third-order valence-electron chi connectivity index (χ3n) is 1.23. The molecule has 1 nitrogen and oxygen atoms in total. The van der Waals surface area contributed by atoms with Crippen LogP contribution in [0.1, 0.15) is 6.92 Å². The Morgan fingerprint density at radius 2 is 2.17 bits per heavy atom. The van der Waals surface area contributed by atoms with E-state index in [1.807, 2.05) is 6.92 Å². The van der Waals surface area contributed by atoms with Crippen molar-refractivity contribution in [2.75, 3.05) is 7.05 Å². The summed E-state index contributed by atoms with van der Waals surface area (Å²) in [6.07, 6.45) is 3.50. The van der Waals surface area contributed by atoms with E-state index in [1.165, 1.54) is 0 Å². The molecule has 12 heavy (non-hydrogen) atoms. The average molecular weight is 154 g/mol. The summed E-state index contributed by atoms with van der Waals surface area (Å²) >= 11 is 0. The first kappa shape index (κ1) is 10.9. The van der Waals surface area contributed by atoms with E-state index < -0.39 is 0 Å². The molecule has 0 rings (SSSR count). The predicted molar refractivity (Wildman–Crippen MR) is 57.3 cm³/mol. The molecule has 0 spiro atoms. The second-order valence-electron chi connectivity index (χ2n) is 2.30. The van der Waals surface area contributed by atoms with Crippen molar-refractivity contribution in [1.29, 1.82) is 0 Å². The molecule has 0 fully saturated rings. The second kappa shape index (κ2) is 5.56. The summed E-state index contributed by atoms with van der Waals surface area (Å²) in [5.74, 6) is 0. The van der Waals surface area contributed by atoms with E-state index in [2.05, 4.69) is 17.3 Å². The van der Waals surface area contributed by atoms with Crippen LogP contribution in [0, 0.1) is 0 Å². The van der Waals surface area contributed by atoms with Crippen LogP contribution in [0.4, 0.5) is 0 Å². The molecule has 0 aromatic rings. The molecule has 57 valence electrons. The van der Waals surface area contributed by atoms with Gasteiger partial charge >= 0.3 is 75.4 Å². The molecule has 0 aliphatic rings. The summed E-state index contributed by atoms with van der Waals surface area (Å²) in [5, 5.41) is 0.217. The third kappa shape index (κ3) is 3.95. The molecule has 0 atom stereocenters. The fourth-order valence-corrected chi connectivity index (χ4v) is 0.695. The first-order chi connectivity index (χ1) is 5.61. The van der Waals surface area contributed by atoms with Crippen molar-refractivity contribution in [2.24, 2.45) is 4.99 Å². The van der Waals surface area contributed by atoms with Crippen LogP contribution >= 0.6 is 0 Å². The number of hydrogen-bond acceptors (Lipinski definition) is 1. The van der Waals surface area contributed by atoms with Gasteiger partial charge in [0.2, 0.25) is 0 Å². The fourth-order valence-electron chi connectivity index (χ4n) is 0.695. The van der Waals surface area contributed by atoms with Gasteiger partial charge in [-0.25, -0.2) is 0 Å². The van der Waals surface area contributed by atoms with Crippen LogP contribution in [0.15, 0.2) is 35.0 Å². The van der Waals surface area contributed by atoms with Gasteiger partial charge in [-0.1, -0.05) is 0 Å². The molecule has 0 N–H and O–H groups in total. The molecule has 0 aliphatic carbocycles. The Morgan fingerprint density at radius 3 is 2.50 bits per heavy atom. The van der Waals surface area contributed by atoms with Gasteiger partial charge in [-0.2, -0.15) is 0 Å². The summed E-state index contributed by atoms with van der Waals surface area (Å²) in [6, 6.07) is 0. The van der Waals surface area contributed by atoms with Crippen LogP contribution in [0.25, 0.3) is 0 Å². The zero-order chi connectivity index (χ0) is 9.56. The van der Waals surface area contributed by atoms with Crippen molar-refractivity contribution in [3.05, 3.63) is 30.0 Å². The first-order valence-corrected chi connectivity index (χ1v) is 3.51. The molecule has 0 saturated carbocycles. The minimum absolute atomic E-state index is 0.217. The zero-order valence-electron chi connectivity index (χ0n) is 7.46. The molecular formula is C9H10B2N. The molecule has 0 aliphatic heterocycles. The van der Waals surface area contributed by atoms with Crippen LogP contribution < -0.4 is 0 Å². The number of allylic oxidation sites excluding steroid dienone is 3.